The largest absolute Gasteiger partial charge is 0.479 e. The van der Waals surface area contributed by atoms with Crippen LogP contribution < -0.4 is 0 Å². The van der Waals surface area contributed by atoms with E-state index in [0.29, 0.717) is 6.42 Å². The molecule has 124 valence electrons. The molecule has 0 heterocycles. The van der Waals surface area contributed by atoms with Crippen LogP contribution in [-0.4, -0.2) is 23.1 Å². The highest BCUT2D eigenvalue weighted by molar-refractivity contribution is 5.77. The van der Waals surface area contributed by atoms with Crippen LogP contribution in [0, 0.1) is 0 Å². The number of hydrogen-bond acceptors (Lipinski definition) is 3. The summed E-state index contributed by atoms with van der Waals surface area (Å²) in [5.41, 5.74) is 0. The van der Waals surface area contributed by atoms with Gasteiger partial charge in [0.2, 0.25) is 0 Å². The second-order valence-electron chi connectivity index (χ2n) is 5.76. The Labute approximate surface area is 129 Å². The lowest BCUT2D eigenvalue weighted by atomic mass is 10.1. The number of carboxylic acids is 1. The van der Waals surface area contributed by atoms with Crippen LogP contribution in [0.1, 0.15) is 90.9 Å². The van der Waals surface area contributed by atoms with Gasteiger partial charge < -0.3 is 9.84 Å². The van der Waals surface area contributed by atoms with Crippen molar-refractivity contribution >= 4 is 11.9 Å². The minimum absolute atomic E-state index is 0.328. The van der Waals surface area contributed by atoms with Gasteiger partial charge in [-0.3, -0.25) is 4.79 Å². The Morgan fingerprint density at radius 3 is 1.71 bits per heavy atom. The third kappa shape index (κ3) is 13.7. The Balaban J connectivity index is 3.25. The van der Waals surface area contributed by atoms with Crippen molar-refractivity contribution in [3.63, 3.8) is 0 Å². The van der Waals surface area contributed by atoms with Crippen molar-refractivity contribution in [1.29, 1.82) is 0 Å². The first-order valence-corrected chi connectivity index (χ1v) is 8.50. The maximum atomic E-state index is 11.3. The second kappa shape index (κ2) is 13.9. The lowest BCUT2D eigenvalue weighted by Crippen LogP contribution is -2.23. The molecule has 0 aromatic rings. The van der Waals surface area contributed by atoms with Gasteiger partial charge in [-0.25, -0.2) is 4.79 Å². The van der Waals surface area contributed by atoms with E-state index in [-0.39, 0.29) is 0 Å². The molecule has 1 unspecified atom stereocenters. The normalized spacial score (nSPS) is 12.1. The highest BCUT2D eigenvalue weighted by Crippen LogP contribution is 2.12. The maximum Gasteiger partial charge on any atom is 0.344 e. The van der Waals surface area contributed by atoms with Gasteiger partial charge in [-0.05, 0) is 13.3 Å². The predicted octanol–water partition coefficient (Wildman–Crippen LogP) is 4.70. The summed E-state index contributed by atoms with van der Waals surface area (Å²) >= 11 is 0. The van der Waals surface area contributed by atoms with Crippen LogP contribution >= 0.6 is 0 Å². The Bertz CT molecular complexity index is 276. The molecule has 0 rings (SSSR count). The fourth-order valence-electron chi connectivity index (χ4n) is 2.24. The molecule has 0 amide bonds. The molecule has 4 heteroatoms. The molecule has 0 radical (unpaired) electrons. The molecule has 0 fully saturated rings. The van der Waals surface area contributed by atoms with Gasteiger partial charge >= 0.3 is 11.9 Å². The number of hydrogen-bond donors (Lipinski definition) is 1. The highest BCUT2D eigenvalue weighted by Gasteiger charge is 2.15. The Hall–Kier alpha value is -1.06. The molecule has 0 saturated carbocycles. The van der Waals surface area contributed by atoms with E-state index in [2.05, 4.69) is 6.92 Å². The van der Waals surface area contributed by atoms with E-state index in [9.17, 15) is 9.59 Å². The third-order valence-electron chi connectivity index (χ3n) is 3.64. The smallest absolute Gasteiger partial charge is 0.344 e. The third-order valence-corrected chi connectivity index (χ3v) is 3.64. The number of aliphatic carboxylic acids is 1. The molecule has 4 nitrogen and oxygen atoms in total. The van der Waals surface area contributed by atoms with Crippen LogP contribution in [0.15, 0.2) is 0 Å². The number of carbonyl (C=O) groups is 2. The van der Waals surface area contributed by atoms with E-state index in [0.717, 1.165) is 19.3 Å². The maximum absolute atomic E-state index is 11.3. The van der Waals surface area contributed by atoms with Crippen LogP contribution in [0.5, 0.6) is 0 Å². The summed E-state index contributed by atoms with van der Waals surface area (Å²) in [5, 5.41) is 8.61. The number of rotatable bonds is 14. The molecule has 21 heavy (non-hydrogen) atoms. The van der Waals surface area contributed by atoms with Crippen LogP contribution in [0.2, 0.25) is 0 Å². The zero-order valence-electron chi connectivity index (χ0n) is 13.7. The molecule has 0 spiro atoms. The number of carboxylic acid groups (broad SMARTS) is 1. The summed E-state index contributed by atoms with van der Waals surface area (Å²) in [5.74, 6) is -1.50. The first kappa shape index (κ1) is 19.9. The van der Waals surface area contributed by atoms with Crippen molar-refractivity contribution in [2.75, 3.05) is 0 Å². The standard InChI is InChI=1S/C17H32O4/c1-3-4-5-6-7-8-9-10-11-12-13-14-16(18)21-15(2)17(19)20/h15H,3-14H2,1-2H3,(H,19,20). The van der Waals surface area contributed by atoms with Gasteiger partial charge in [0.25, 0.3) is 0 Å². The first-order valence-electron chi connectivity index (χ1n) is 8.50. The summed E-state index contributed by atoms with van der Waals surface area (Å²) in [7, 11) is 0. The van der Waals surface area contributed by atoms with E-state index in [4.69, 9.17) is 9.84 Å². The number of esters is 1. The molecular weight excluding hydrogens is 268 g/mol. The minimum Gasteiger partial charge on any atom is -0.479 e. The van der Waals surface area contributed by atoms with E-state index in [1.165, 1.54) is 58.3 Å². The van der Waals surface area contributed by atoms with Crippen molar-refractivity contribution in [2.24, 2.45) is 0 Å². The Morgan fingerprint density at radius 1 is 0.857 bits per heavy atom. The van der Waals surface area contributed by atoms with Crippen molar-refractivity contribution in [2.45, 2.75) is 97.0 Å². The monoisotopic (exact) mass is 300 g/mol. The van der Waals surface area contributed by atoms with Crippen molar-refractivity contribution in [3.05, 3.63) is 0 Å². The average molecular weight is 300 g/mol. The minimum atomic E-state index is -1.10. The van der Waals surface area contributed by atoms with Crippen molar-refractivity contribution in [1.82, 2.24) is 0 Å². The fraction of sp³-hybridized carbons (Fsp3) is 0.882. The van der Waals surface area contributed by atoms with E-state index >= 15 is 0 Å². The Morgan fingerprint density at radius 2 is 1.29 bits per heavy atom. The molecule has 0 aliphatic rings. The Kier molecular flexibility index (Phi) is 13.2. The van der Waals surface area contributed by atoms with Gasteiger partial charge in [-0.2, -0.15) is 0 Å². The van der Waals surface area contributed by atoms with E-state index < -0.39 is 18.0 Å². The van der Waals surface area contributed by atoms with Gasteiger partial charge in [0.05, 0.1) is 0 Å². The lowest BCUT2D eigenvalue weighted by molar-refractivity contribution is -0.162. The van der Waals surface area contributed by atoms with Gasteiger partial charge in [0, 0.05) is 6.42 Å². The SMILES string of the molecule is CCCCCCCCCCCCCC(=O)OC(C)C(=O)O. The van der Waals surface area contributed by atoms with Gasteiger partial charge in [-0.15, -0.1) is 0 Å². The molecule has 0 aromatic carbocycles. The molecule has 0 bridgehead atoms. The topological polar surface area (TPSA) is 63.6 Å². The zero-order valence-corrected chi connectivity index (χ0v) is 13.7. The van der Waals surface area contributed by atoms with Crippen LogP contribution in [-0.2, 0) is 14.3 Å². The fourth-order valence-corrected chi connectivity index (χ4v) is 2.24. The van der Waals surface area contributed by atoms with Crippen LogP contribution in [0.4, 0.5) is 0 Å². The molecular formula is C17H32O4. The zero-order chi connectivity index (χ0) is 15.9. The number of unbranched alkanes of at least 4 members (excludes halogenated alkanes) is 10. The molecule has 0 aliphatic heterocycles. The summed E-state index contributed by atoms with van der Waals surface area (Å²) in [6, 6.07) is 0. The molecule has 0 saturated heterocycles. The van der Waals surface area contributed by atoms with E-state index in [1.807, 2.05) is 0 Å². The summed E-state index contributed by atoms with van der Waals surface area (Å²) in [6.45, 7) is 3.61. The van der Waals surface area contributed by atoms with E-state index in [1.54, 1.807) is 0 Å². The lowest BCUT2D eigenvalue weighted by Gasteiger charge is -2.08. The summed E-state index contributed by atoms with van der Waals surface area (Å²) < 4.78 is 4.77. The van der Waals surface area contributed by atoms with Gasteiger partial charge in [0.1, 0.15) is 0 Å². The molecule has 1 N–H and O–H groups in total. The quantitative estimate of drug-likeness (QED) is 0.373. The van der Waals surface area contributed by atoms with Crippen molar-refractivity contribution in [3.8, 4) is 0 Å². The molecule has 1 atom stereocenters. The number of carbonyl (C=O) groups excluding carboxylic acids is 1. The van der Waals surface area contributed by atoms with Crippen molar-refractivity contribution < 1.29 is 19.4 Å². The van der Waals surface area contributed by atoms with Gasteiger partial charge in [-0.1, -0.05) is 71.1 Å². The van der Waals surface area contributed by atoms with Crippen LogP contribution in [0.25, 0.3) is 0 Å². The first-order chi connectivity index (χ1) is 10.1. The average Bonchev–Trinajstić information content (AvgIpc) is 2.44. The second-order valence-corrected chi connectivity index (χ2v) is 5.76. The van der Waals surface area contributed by atoms with Gasteiger partial charge in [0.15, 0.2) is 6.10 Å². The molecule has 0 aromatic heterocycles. The predicted molar refractivity (Wildman–Crippen MR) is 84.3 cm³/mol. The summed E-state index contributed by atoms with van der Waals surface area (Å²) in [4.78, 5) is 21.8. The number of ether oxygens (including phenoxy) is 1. The highest BCUT2D eigenvalue weighted by atomic mass is 16.6. The van der Waals surface area contributed by atoms with Crippen LogP contribution in [0.3, 0.4) is 0 Å². The summed E-state index contributed by atoms with van der Waals surface area (Å²) in [6.07, 6.45) is 12.8. The molecule has 0 aliphatic carbocycles.